The quantitative estimate of drug-likeness (QED) is 0.153. The Morgan fingerprint density at radius 3 is 1.56 bits per heavy atom. The van der Waals surface area contributed by atoms with Crippen LogP contribution in [0.4, 0.5) is 0 Å². The number of aromatic nitrogens is 2. The average Bonchev–Trinajstić information content (AvgIpc) is 3.29. The van der Waals surface area contributed by atoms with E-state index < -0.39 is 0 Å². The molecule has 188 valence electrons. The van der Waals surface area contributed by atoms with Gasteiger partial charge in [-0.05, 0) is 26.2 Å². The fourth-order valence-electron chi connectivity index (χ4n) is 5.18. The van der Waals surface area contributed by atoms with Crippen LogP contribution in [0.3, 0.4) is 0 Å². The fraction of sp³-hybridized carbons (Fsp3) is 0.900. The molecule has 2 nitrogen and oxygen atoms in total. The van der Waals surface area contributed by atoms with Crippen molar-refractivity contribution in [3.05, 3.63) is 18.2 Å². The first-order valence-corrected chi connectivity index (χ1v) is 14.8. The van der Waals surface area contributed by atoms with Crippen LogP contribution in [-0.2, 0) is 0 Å². The minimum atomic E-state index is 0.593. The molecule has 0 saturated carbocycles. The molecule has 0 radical (unpaired) electrons. The third-order valence-electron chi connectivity index (χ3n) is 7.31. The Balaban J connectivity index is 2.26. The van der Waals surface area contributed by atoms with E-state index in [1.165, 1.54) is 141 Å². The van der Waals surface area contributed by atoms with Crippen molar-refractivity contribution < 1.29 is 0 Å². The van der Waals surface area contributed by atoms with Crippen LogP contribution in [0, 0.1) is 0 Å². The molecule has 2 heteroatoms. The van der Waals surface area contributed by atoms with E-state index in [1.54, 1.807) is 0 Å². The lowest BCUT2D eigenvalue weighted by atomic mass is 9.94. The number of imidazole rings is 1. The highest BCUT2D eigenvalue weighted by Crippen LogP contribution is 2.29. The van der Waals surface area contributed by atoms with Gasteiger partial charge in [-0.3, -0.25) is 0 Å². The fourth-order valence-corrected chi connectivity index (χ4v) is 5.18. The summed E-state index contributed by atoms with van der Waals surface area (Å²) >= 11 is 0. The number of nitrogens with zero attached hydrogens (tertiary/aromatic N) is 2. The van der Waals surface area contributed by atoms with E-state index in [4.69, 9.17) is 4.98 Å². The van der Waals surface area contributed by atoms with Crippen LogP contribution in [0.1, 0.15) is 180 Å². The minimum absolute atomic E-state index is 0.593. The Bertz CT molecular complexity index is 507. The van der Waals surface area contributed by atoms with Crippen molar-refractivity contribution in [3.8, 4) is 0 Å². The smallest absolute Gasteiger partial charge is 0.111 e. The molecule has 1 heterocycles. The van der Waals surface area contributed by atoms with E-state index in [9.17, 15) is 0 Å². The zero-order valence-corrected chi connectivity index (χ0v) is 22.6. The van der Waals surface area contributed by atoms with Gasteiger partial charge in [-0.15, -0.1) is 0 Å². The predicted octanol–water partition coefficient (Wildman–Crippen LogP) is 10.8. The zero-order chi connectivity index (χ0) is 23.3. The average molecular weight is 447 g/mol. The van der Waals surface area contributed by atoms with Crippen molar-refractivity contribution in [2.45, 2.75) is 174 Å². The van der Waals surface area contributed by atoms with E-state index >= 15 is 0 Å². The maximum Gasteiger partial charge on any atom is 0.111 e. The van der Waals surface area contributed by atoms with Crippen molar-refractivity contribution in [2.75, 3.05) is 0 Å². The molecular formula is C30H58N2. The molecule has 0 aliphatic rings. The van der Waals surface area contributed by atoms with Gasteiger partial charge in [-0.25, -0.2) is 4.98 Å². The Kier molecular flexibility index (Phi) is 19.0. The van der Waals surface area contributed by atoms with E-state index in [0.717, 1.165) is 0 Å². The summed E-state index contributed by atoms with van der Waals surface area (Å²) in [7, 11) is 0. The van der Waals surface area contributed by atoms with Crippen LogP contribution in [-0.4, -0.2) is 9.55 Å². The van der Waals surface area contributed by atoms with Gasteiger partial charge in [0.05, 0.1) is 0 Å². The molecule has 1 rings (SSSR count). The molecule has 0 aromatic carbocycles. The highest BCUT2D eigenvalue weighted by Gasteiger charge is 2.18. The molecule has 0 bridgehead atoms. The first-order valence-electron chi connectivity index (χ1n) is 14.8. The van der Waals surface area contributed by atoms with Gasteiger partial charge in [0.25, 0.3) is 0 Å². The van der Waals surface area contributed by atoms with Crippen LogP contribution in [0.25, 0.3) is 0 Å². The Morgan fingerprint density at radius 1 is 0.594 bits per heavy atom. The second-order valence-corrected chi connectivity index (χ2v) is 10.4. The molecule has 0 spiro atoms. The summed E-state index contributed by atoms with van der Waals surface area (Å²) in [4.78, 5) is 4.85. The third-order valence-corrected chi connectivity index (χ3v) is 7.31. The van der Waals surface area contributed by atoms with Crippen LogP contribution < -0.4 is 0 Å². The predicted molar refractivity (Wildman–Crippen MR) is 144 cm³/mol. The van der Waals surface area contributed by atoms with Gasteiger partial charge in [0, 0.05) is 24.4 Å². The lowest BCUT2D eigenvalue weighted by Gasteiger charge is -2.22. The molecule has 1 aromatic heterocycles. The van der Waals surface area contributed by atoms with Gasteiger partial charge in [0.2, 0.25) is 0 Å². The van der Waals surface area contributed by atoms with E-state index in [1.807, 2.05) is 0 Å². The van der Waals surface area contributed by atoms with Gasteiger partial charge < -0.3 is 4.57 Å². The van der Waals surface area contributed by atoms with Gasteiger partial charge in [0.1, 0.15) is 5.82 Å². The van der Waals surface area contributed by atoms with E-state index in [-0.39, 0.29) is 0 Å². The highest BCUT2D eigenvalue weighted by molar-refractivity contribution is 5.02. The van der Waals surface area contributed by atoms with Crippen molar-refractivity contribution in [3.63, 3.8) is 0 Å². The largest absolute Gasteiger partial charge is 0.332 e. The van der Waals surface area contributed by atoms with Gasteiger partial charge in [-0.2, -0.15) is 0 Å². The Labute approximate surface area is 202 Å². The monoisotopic (exact) mass is 446 g/mol. The number of unbranched alkanes of at least 4 members (excludes halogenated alkanes) is 15. The van der Waals surface area contributed by atoms with Crippen LogP contribution >= 0.6 is 0 Å². The Hall–Kier alpha value is -0.790. The summed E-state index contributed by atoms with van der Waals surface area (Å²) in [6, 6.07) is 0.593. The molecule has 2 atom stereocenters. The maximum absolute atomic E-state index is 4.85. The zero-order valence-electron chi connectivity index (χ0n) is 22.6. The highest BCUT2D eigenvalue weighted by atomic mass is 15.1. The van der Waals surface area contributed by atoms with Crippen molar-refractivity contribution in [1.29, 1.82) is 0 Å². The second-order valence-electron chi connectivity index (χ2n) is 10.4. The second kappa shape index (κ2) is 20.8. The molecular weight excluding hydrogens is 388 g/mol. The van der Waals surface area contributed by atoms with Crippen LogP contribution in [0.2, 0.25) is 0 Å². The number of rotatable bonds is 23. The topological polar surface area (TPSA) is 17.8 Å². The van der Waals surface area contributed by atoms with Crippen molar-refractivity contribution in [1.82, 2.24) is 9.55 Å². The standard InChI is InChI=1S/C30H58N2/c1-5-8-10-12-14-15-16-17-18-19-21-24-28(4)32-27-26-31-30(32)29(23-7-3)25-22-20-13-11-9-6-2/h26-29H,5-25H2,1-4H3. The first kappa shape index (κ1) is 29.2. The summed E-state index contributed by atoms with van der Waals surface area (Å²) < 4.78 is 2.52. The summed E-state index contributed by atoms with van der Waals surface area (Å²) in [6.45, 7) is 9.34. The van der Waals surface area contributed by atoms with Crippen molar-refractivity contribution >= 4 is 0 Å². The van der Waals surface area contributed by atoms with Gasteiger partial charge in [-0.1, -0.05) is 136 Å². The SMILES string of the molecule is CCCCCCCCCCCCCC(C)n1ccnc1C(CCC)CCCCCCCC. The summed E-state index contributed by atoms with van der Waals surface area (Å²) in [5.41, 5.74) is 0. The first-order chi connectivity index (χ1) is 15.7. The van der Waals surface area contributed by atoms with Crippen LogP contribution in [0.5, 0.6) is 0 Å². The molecule has 0 N–H and O–H groups in total. The molecule has 1 aromatic rings. The van der Waals surface area contributed by atoms with Gasteiger partial charge >= 0.3 is 0 Å². The summed E-state index contributed by atoms with van der Waals surface area (Å²) in [5, 5.41) is 0. The van der Waals surface area contributed by atoms with Crippen molar-refractivity contribution in [2.24, 2.45) is 0 Å². The lowest BCUT2D eigenvalue weighted by molar-refractivity contribution is 0.419. The Morgan fingerprint density at radius 2 is 1.06 bits per heavy atom. The molecule has 32 heavy (non-hydrogen) atoms. The summed E-state index contributed by atoms with van der Waals surface area (Å²) in [6.07, 6.45) is 33.5. The minimum Gasteiger partial charge on any atom is -0.332 e. The molecule has 0 saturated heterocycles. The lowest BCUT2D eigenvalue weighted by Crippen LogP contribution is -2.13. The molecule has 0 fully saturated rings. The normalized spacial score (nSPS) is 13.5. The van der Waals surface area contributed by atoms with E-state index in [0.29, 0.717) is 12.0 Å². The van der Waals surface area contributed by atoms with Crippen LogP contribution in [0.15, 0.2) is 12.4 Å². The molecule has 0 aliphatic heterocycles. The van der Waals surface area contributed by atoms with E-state index in [2.05, 4.69) is 44.7 Å². The van der Waals surface area contributed by atoms with Gasteiger partial charge in [0.15, 0.2) is 0 Å². The molecule has 2 unspecified atom stereocenters. The maximum atomic E-state index is 4.85. The number of hydrogen-bond donors (Lipinski definition) is 0. The summed E-state index contributed by atoms with van der Waals surface area (Å²) in [5.74, 6) is 2.02. The molecule has 0 aliphatic carbocycles. The number of hydrogen-bond acceptors (Lipinski definition) is 1. The third kappa shape index (κ3) is 13.7. The molecule has 0 amide bonds.